The molecule has 0 saturated carbocycles. The van der Waals surface area contributed by atoms with Gasteiger partial charge in [0.05, 0.1) is 11.1 Å². The number of rotatable bonds is 4. The van der Waals surface area contributed by atoms with E-state index in [1.54, 1.807) is 6.07 Å². The van der Waals surface area contributed by atoms with E-state index in [2.05, 4.69) is 0 Å². The summed E-state index contributed by atoms with van der Waals surface area (Å²) in [6.07, 6.45) is 1.70. The Hall–Kier alpha value is -1.68. The third kappa shape index (κ3) is 2.16. The Morgan fingerprint density at radius 3 is 2.47 bits per heavy atom. The molecule has 1 aromatic carbocycles. The van der Waals surface area contributed by atoms with Gasteiger partial charge in [-0.25, -0.2) is 0 Å². The van der Waals surface area contributed by atoms with Crippen molar-refractivity contribution in [3.8, 4) is 0 Å². The lowest BCUT2D eigenvalue weighted by Crippen LogP contribution is -2.35. The van der Waals surface area contributed by atoms with Crippen molar-refractivity contribution in [2.75, 3.05) is 4.90 Å². The zero-order valence-corrected chi connectivity index (χ0v) is 11.5. The Balaban J connectivity index is 2.40. The summed E-state index contributed by atoms with van der Waals surface area (Å²) >= 11 is 0. The summed E-state index contributed by atoms with van der Waals surface area (Å²) in [5, 5.41) is 0. The summed E-state index contributed by atoms with van der Waals surface area (Å²) in [7, 11) is 0. The maximum atomic E-state index is 12.6. The Morgan fingerprint density at radius 1 is 1.26 bits per heavy atom. The molecule has 0 aromatic heterocycles. The van der Waals surface area contributed by atoms with Gasteiger partial charge in [0.1, 0.15) is 0 Å². The molecule has 0 radical (unpaired) electrons. The van der Waals surface area contributed by atoms with Gasteiger partial charge in [-0.15, -0.1) is 0 Å². The molecule has 1 aromatic rings. The van der Waals surface area contributed by atoms with Crippen molar-refractivity contribution >= 4 is 17.5 Å². The molecule has 1 aliphatic heterocycles. The van der Waals surface area contributed by atoms with Crippen LogP contribution in [0.2, 0.25) is 0 Å². The Kier molecular flexibility index (Phi) is 3.71. The molecule has 0 unspecified atom stereocenters. The van der Waals surface area contributed by atoms with E-state index in [0.717, 1.165) is 5.56 Å². The summed E-state index contributed by atoms with van der Waals surface area (Å²) in [6.45, 7) is 4.33. The van der Waals surface area contributed by atoms with E-state index in [4.69, 9.17) is 5.73 Å². The molecular formula is C15H20N2O2. The van der Waals surface area contributed by atoms with Crippen molar-refractivity contribution in [2.24, 2.45) is 11.1 Å². The highest BCUT2D eigenvalue weighted by atomic mass is 16.2. The monoisotopic (exact) mass is 260 g/mol. The fourth-order valence-corrected chi connectivity index (χ4v) is 2.68. The quantitative estimate of drug-likeness (QED) is 0.844. The Morgan fingerprint density at radius 2 is 1.95 bits per heavy atom. The minimum absolute atomic E-state index is 0.0725. The maximum absolute atomic E-state index is 12.6. The molecule has 19 heavy (non-hydrogen) atoms. The minimum atomic E-state index is -0.518. The zero-order valence-electron chi connectivity index (χ0n) is 11.5. The summed E-state index contributed by atoms with van der Waals surface area (Å²) in [6, 6.07) is 7.32. The van der Waals surface area contributed by atoms with E-state index in [0.29, 0.717) is 31.5 Å². The van der Waals surface area contributed by atoms with Crippen LogP contribution in [0, 0.1) is 5.41 Å². The van der Waals surface area contributed by atoms with Crippen molar-refractivity contribution in [1.29, 1.82) is 0 Å². The van der Waals surface area contributed by atoms with E-state index in [-0.39, 0.29) is 11.8 Å². The standard InChI is InChI=1S/C15H20N2O2/c1-3-15(4-2)9-13(18)17(14(15)19)12-7-5-6-11(8-12)10-16/h5-8H,3-4,9-10,16H2,1-2H3. The van der Waals surface area contributed by atoms with Crippen LogP contribution in [0.15, 0.2) is 24.3 Å². The first-order valence-corrected chi connectivity index (χ1v) is 6.74. The summed E-state index contributed by atoms with van der Waals surface area (Å²) in [5.41, 5.74) is 6.65. The lowest BCUT2D eigenvalue weighted by atomic mass is 9.81. The Labute approximate surface area is 113 Å². The first kappa shape index (κ1) is 13.7. The highest BCUT2D eigenvalue weighted by Gasteiger charge is 2.49. The number of imide groups is 1. The van der Waals surface area contributed by atoms with Crippen molar-refractivity contribution < 1.29 is 9.59 Å². The molecule has 102 valence electrons. The van der Waals surface area contributed by atoms with E-state index in [1.807, 2.05) is 32.0 Å². The second kappa shape index (κ2) is 5.13. The van der Waals surface area contributed by atoms with E-state index in [9.17, 15) is 9.59 Å². The molecule has 1 fully saturated rings. The number of benzene rings is 1. The fraction of sp³-hybridized carbons (Fsp3) is 0.467. The van der Waals surface area contributed by atoms with Crippen LogP contribution in [-0.2, 0) is 16.1 Å². The number of carbonyl (C=O) groups is 2. The van der Waals surface area contributed by atoms with Crippen LogP contribution in [0.4, 0.5) is 5.69 Å². The first-order valence-electron chi connectivity index (χ1n) is 6.74. The van der Waals surface area contributed by atoms with Gasteiger partial charge >= 0.3 is 0 Å². The van der Waals surface area contributed by atoms with Gasteiger partial charge in [0.25, 0.3) is 0 Å². The SMILES string of the molecule is CCC1(CC)CC(=O)N(c2cccc(CN)c2)C1=O. The van der Waals surface area contributed by atoms with Crippen molar-refractivity contribution in [3.05, 3.63) is 29.8 Å². The fourth-order valence-electron chi connectivity index (χ4n) is 2.68. The molecule has 1 heterocycles. The van der Waals surface area contributed by atoms with Crippen molar-refractivity contribution in [3.63, 3.8) is 0 Å². The van der Waals surface area contributed by atoms with Crippen LogP contribution in [0.3, 0.4) is 0 Å². The number of carbonyl (C=O) groups excluding carboxylic acids is 2. The first-order chi connectivity index (χ1) is 9.07. The van der Waals surface area contributed by atoms with Crippen molar-refractivity contribution in [2.45, 2.75) is 39.7 Å². The van der Waals surface area contributed by atoms with Gasteiger partial charge < -0.3 is 5.73 Å². The molecule has 0 aliphatic carbocycles. The summed E-state index contributed by atoms with van der Waals surface area (Å²) in [5.74, 6) is -0.181. The number of nitrogens with two attached hydrogens (primary N) is 1. The third-order valence-electron chi connectivity index (χ3n) is 4.15. The molecule has 4 nitrogen and oxygen atoms in total. The second-order valence-corrected chi connectivity index (χ2v) is 5.07. The van der Waals surface area contributed by atoms with Crippen LogP contribution in [0.1, 0.15) is 38.7 Å². The molecule has 0 atom stereocenters. The highest BCUT2D eigenvalue weighted by molar-refractivity contribution is 6.22. The number of amides is 2. The predicted molar refractivity (Wildman–Crippen MR) is 74.5 cm³/mol. The molecule has 0 spiro atoms. The number of anilines is 1. The normalized spacial score (nSPS) is 18.2. The predicted octanol–water partition coefficient (Wildman–Crippen LogP) is 2.21. The molecule has 4 heteroatoms. The van der Waals surface area contributed by atoms with E-state index in [1.165, 1.54) is 4.90 Å². The highest BCUT2D eigenvalue weighted by Crippen LogP contribution is 2.41. The maximum Gasteiger partial charge on any atom is 0.240 e. The number of hydrogen-bond acceptors (Lipinski definition) is 3. The average Bonchev–Trinajstić information content (AvgIpc) is 2.70. The second-order valence-electron chi connectivity index (χ2n) is 5.07. The van der Waals surface area contributed by atoms with Crippen LogP contribution in [0.5, 0.6) is 0 Å². The minimum Gasteiger partial charge on any atom is -0.326 e. The van der Waals surface area contributed by atoms with Crippen molar-refractivity contribution in [1.82, 2.24) is 0 Å². The number of nitrogens with zero attached hydrogens (tertiary/aromatic N) is 1. The molecule has 0 bridgehead atoms. The van der Waals surface area contributed by atoms with Gasteiger partial charge in [0.2, 0.25) is 11.8 Å². The average molecular weight is 260 g/mol. The molecule has 1 saturated heterocycles. The van der Waals surface area contributed by atoms with Crippen LogP contribution >= 0.6 is 0 Å². The van der Waals surface area contributed by atoms with Crippen LogP contribution in [-0.4, -0.2) is 11.8 Å². The van der Waals surface area contributed by atoms with Gasteiger partial charge in [0, 0.05) is 13.0 Å². The Bertz CT molecular complexity index is 507. The van der Waals surface area contributed by atoms with E-state index < -0.39 is 5.41 Å². The molecule has 2 amide bonds. The molecular weight excluding hydrogens is 240 g/mol. The number of hydrogen-bond donors (Lipinski definition) is 1. The van der Waals surface area contributed by atoms with Gasteiger partial charge in [-0.1, -0.05) is 26.0 Å². The third-order valence-corrected chi connectivity index (χ3v) is 4.15. The smallest absolute Gasteiger partial charge is 0.240 e. The van der Waals surface area contributed by atoms with Crippen LogP contribution in [0.25, 0.3) is 0 Å². The zero-order chi connectivity index (χ0) is 14.0. The van der Waals surface area contributed by atoms with Gasteiger partial charge in [-0.05, 0) is 30.5 Å². The van der Waals surface area contributed by atoms with E-state index >= 15 is 0 Å². The lowest BCUT2D eigenvalue weighted by Gasteiger charge is -2.23. The molecule has 2 N–H and O–H groups in total. The summed E-state index contributed by atoms with van der Waals surface area (Å²) < 4.78 is 0. The molecule has 1 aliphatic rings. The van der Waals surface area contributed by atoms with Gasteiger partial charge in [-0.2, -0.15) is 0 Å². The lowest BCUT2D eigenvalue weighted by molar-refractivity contribution is -0.126. The topological polar surface area (TPSA) is 63.4 Å². The van der Waals surface area contributed by atoms with Gasteiger partial charge in [-0.3, -0.25) is 14.5 Å². The van der Waals surface area contributed by atoms with Gasteiger partial charge in [0.15, 0.2) is 0 Å². The van der Waals surface area contributed by atoms with Crippen LogP contribution < -0.4 is 10.6 Å². The largest absolute Gasteiger partial charge is 0.326 e. The molecule has 2 rings (SSSR count). The summed E-state index contributed by atoms with van der Waals surface area (Å²) in [4.78, 5) is 26.1.